The second-order valence-corrected chi connectivity index (χ2v) is 8.43. The van der Waals surface area contributed by atoms with E-state index in [1.165, 1.54) is 4.88 Å². The standard InChI is InChI=1S/C19H26N4OS/c1-15-11-20-18(21-12-15)23-7-5-19(6-8-23)10-16(14-24-19)22(2)13-17-4-3-9-25-17/h3-4,9,11-12,16H,5-8,10,13-14H2,1-2H3/t16-/m1/s1. The molecule has 1 atom stereocenters. The third-order valence-electron chi connectivity index (χ3n) is 5.52. The Bertz CT molecular complexity index is 680. The molecule has 4 rings (SSSR count). The zero-order valence-corrected chi connectivity index (χ0v) is 15.8. The SMILES string of the molecule is Cc1cnc(N2CCC3(CC2)C[C@@H](N(C)Cc2cccs2)CO3)nc1. The molecule has 5 nitrogen and oxygen atoms in total. The third-order valence-corrected chi connectivity index (χ3v) is 6.38. The van der Waals surface area contributed by atoms with Crippen molar-refractivity contribution >= 4 is 17.3 Å². The van der Waals surface area contributed by atoms with Crippen molar-refractivity contribution in [2.45, 2.75) is 44.4 Å². The van der Waals surface area contributed by atoms with E-state index in [2.05, 4.69) is 44.3 Å². The number of likely N-dealkylation sites (N-methyl/N-ethyl adjacent to an activating group) is 1. The normalized spacial score (nSPS) is 22.8. The van der Waals surface area contributed by atoms with Crippen LogP contribution in [-0.4, -0.2) is 53.3 Å². The van der Waals surface area contributed by atoms with E-state index in [9.17, 15) is 0 Å². The molecule has 1 spiro atoms. The maximum Gasteiger partial charge on any atom is 0.225 e. The van der Waals surface area contributed by atoms with Crippen LogP contribution in [0.4, 0.5) is 5.95 Å². The Balaban J connectivity index is 1.33. The van der Waals surface area contributed by atoms with Gasteiger partial charge in [0.05, 0.1) is 12.2 Å². The molecule has 2 aromatic rings. The topological polar surface area (TPSA) is 41.5 Å². The zero-order valence-electron chi connectivity index (χ0n) is 15.0. The minimum absolute atomic E-state index is 0.0512. The first-order chi connectivity index (χ1) is 12.1. The van der Waals surface area contributed by atoms with E-state index in [0.29, 0.717) is 6.04 Å². The summed E-state index contributed by atoms with van der Waals surface area (Å²) in [6, 6.07) is 4.86. The van der Waals surface area contributed by atoms with Gasteiger partial charge < -0.3 is 9.64 Å². The summed E-state index contributed by atoms with van der Waals surface area (Å²) in [6.07, 6.45) is 7.06. The number of thiophene rings is 1. The van der Waals surface area contributed by atoms with E-state index in [4.69, 9.17) is 4.74 Å². The number of piperidine rings is 1. The van der Waals surface area contributed by atoms with Crippen LogP contribution in [0, 0.1) is 6.92 Å². The maximum absolute atomic E-state index is 6.33. The van der Waals surface area contributed by atoms with Gasteiger partial charge in [0.15, 0.2) is 0 Å². The third kappa shape index (κ3) is 3.71. The molecule has 4 heterocycles. The van der Waals surface area contributed by atoms with E-state index in [1.54, 1.807) is 0 Å². The van der Waals surface area contributed by atoms with Crippen LogP contribution >= 0.6 is 11.3 Å². The Kier molecular flexibility index (Phi) is 4.75. The number of nitrogens with zero attached hydrogens (tertiary/aromatic N) is 4. The highest BCUT2D eigenvalue weighted by molar-refractivity contribution is 7.09. The van der Waals surface area contributed by atoms with Gasteiger partial charge in [-0.3, -0.25) is 4.90 Å². The zero-order chi connectivity index (χ0) is 17.3. The fourth-order valence-corrected chi connectivity index (χ4v) is 4.66. The van der Waals surface area contributed by atoms with Crippen molar-refractivity contribution in [3.05, 3.63) is 40.3 Å². The monoisotopic (exact) mass is 358 g/mol. The van der Waals surface area contributed by atoms with Crippen LogP contribution in [-0.2, 0) is 11.3 Å². The highest BCUT2D eigenvalue weighted by atomic mass is 32.1. The first kappa shape index (κ1) is 16.9. The van der Waals surface area contributed by atoms with Crippen molar-refractivity contribution in [1.29, 1.82) is 0 Å². The highest BCUT2D eigenvalue weighted by Gasteiger charge is 2.44. The largest absolute Gasteiger partial charge is 0.373 e. The molecular weight excluding hydrogens is 332 g/mol. The molecule has 0 aromatic carbocycles. The summed E-state index contributed by atoms with van der Waals surface area (Å²) in [5.74, 6) is 0.852. The molecular formula is C19H26N4OS. The first-order valence-electron chi connectivity index (χ1n) is 9.04. The Morgan fingerprint density at radius 1 is 1.32 bits per heavy atom. The smallest absolute Gasteiger partial charge is 0.225 e. The summed E-state index contributed by atoms with van der Waals surface area (Å²) in [7, 11) is 2.22. The molecule has 2 aliphatic heterocycles. The molecule has 6 heteroatoms. The fourth-order valence-electron chi connectivity index (χ4n) is 3.89. The van der Waals surface area contributed by atoms with Gasteiger partial charge in [0, 0.05) is 42.9 Å². The molecule has 2 saturated heterocycles. The van der Waals surface area contributed by atoms with Crippen LogP contribution in [0.25, 0.3) is 0 Å². The lowest BCUT2D eigenvalue weighted by Crippen LogP contribution is -2.45. The van der Waals surface area contributed by atoms with Crippen LogP contribution in [0.2, 0.25) is 0 Å². The molecule has 0 radical (unpaired) electrons. The Hall–Kier alpha value is -1.50. The van der Waals surface area contributed by atoms with Crippen molar-refractivity contribution in [3.63, 3.8) is 0 Å². The molecule has 0 bridgehead atoms. The van der Waals surface area contributed by atoms with Crippen LogP contribution in [0.1, 0.15) is 29.7 Å². The van der Waals surface area contributed by atoms with E-state index < -0.39 is 0 Å². The van der Waals surface area contributed by atoms with Crippen molar-refractivity contribution in [3.8, 4) is 0 Å². The number of hydrogen-bond acceptors (Lipinski definition) is 6. The van der Waals surface area contributed by atoms with Crippen molar-refractivity contribution in [1.82, 2.24) is 14.9 Å². The number of anilines is 1. The Morgan fingerprint density at radius 2 is 2.08 bits per heavy atom. The van der Waals surface area contributed by atoms with E-state index in [1.807, 2.05) is 30.7 Å². The minimum Gasteiger partial charge on any atom is -0.373 e. The van der Waals surface area contributed by atoms with Gasteiger partial charge in [-0.25, -0.2) is 9.97 Å². The summed E-state index contributed by atoms with van der Waals surface area (Å²) in [4.78, 5) is 15.1. The predicted octanol–water partition coefficient (Wildman–Crippen LogP) is 3.11. The average molecular weight is 359 g/mol. The molecule has 0 saturated carbocycles. The molecule has 134 valence electrons. The predicted molar refractivity (Wildman–Crippen MR) is 101 cm³/mol. The average Bonchev–Trinajstić information content (AvgIpc) is 3.27. The number of rotatable bonds is 4. The van der Waals surface area contributed by atoms with Gasteiger partial charge in [0.25, 0.3) is 0 Å². The summed E-state index contributed by atoms with van der Waals surface area (Å²) < 4.78 is 6.33. The van der Waals surface area contributed by atoms with Crippen LogP contribution < -0.4 is 4.90 Å². The van der Waals surface area contributed by atoms with Gasteiger partial charge in [0.1, 0.15) is 0 Å². The number of hydrogen-bond donors (Lipinski definition) is 0. The van der Waals surface area contributed by atoms with Crippen molar-refractivity contribution in [2.24, 2.45) is 0 Å². The Labute approximate surface area is 153 Å². The molecule has 0 aliphatic carbocycles. The minimum atomic E-state index is 0.0512. The second-order valence-electron chi connectivity index (χ2n) is 7.39. The van der Waals surface area contributed by atoms with Gasteiger partial charge >= 0.3 is 0 Å². The molecule has 2 aliphatic rings. The lowest BCUT2D eigenvalue weighted by molar-refractivity contribution is -0.0159. The van der Waals surface area contributed by atoms with Gasteiger partial charge in [-0.05, 0) is 50.2 Å². The lowest BCUT2D eigenvalue weighted by Gasteiger charge is -2.39. The molecule has 25 heavy (non-hydrogen) atoms. The Morgan fingerprint density at radius 3 is 2.76 bits per heavy atom. The first-order valence-corrected chi connectivity index (χ1v) is 9.92. The highest BCUT2D eigenvalue weighted by Crippen LogP contribution is 2.38. The van der Waals surface area contributed by atoms with Gasteiger partial charge in [-0.2, -0.15) is 0 Å². The summed E-state index contributed by atoms with van der Waals surface area (Å²) in [6.45, 7) is 5.84. The molecule has 2 aromatic heterocycles. The molecule has 0 N–H and O–H groups in total. The van der Waals surface area contributed by atoms with Crippen molar-refractivity contribution < 1.29 is 4.74 Å². The maximum atomic E-state index is 6.33. The van der Waals surface area contributed by atoms with Gasteiger partial charge in [-0.15, -0.1) is 11.3 Å². The van der Waals surface area contributed by atoms with E-state index >= 15 is 0 Å². The van der Waals surface area contributed by atoms with Gasteiger partial charge in [-0.1, -0.05) is 6.07 Å². The molecule has 0 amide bonds. The lowest BCUT2D eigenvalue weighted by atomic mass is 9.87. The number of aryl methyl sites for hydroxylation is 1. The summed E-state index contributed by atoms with van der Waals surface area (Å²) in [5, 5.41) is 2.15. The quantitative estimate of drug-likeness (QED) is 0.840. The van der Waals surface area contributed by atoms with E-state index in [0.717, 1.165) is 57.0 Å². The number of aromatic nitrogens is 2. The second kappa shape index (κ2) is 7.02. The molecule has 2 fully saturated rings. The van der Waals surface area contributed by atoms with Crippen LogP contribution in [0.15, 0.2) is 29.9 Å². The van der Waals surface area contributed by atoms with Crippen molar-refractivity contribution in [2.75, 3.05) is 31.6 Å². The summed E-state index contributed by atoms with van der Waals surface area (Å²) in [5.41, 5.74) is 1.16. The summed E-state index contributed by atoms with van der Waals surface area (Å²) >= 11 is 1.83. The molecule has 0 unspecified atom stereocenters. The van der Waals surface area contributed by atoms with Gasteiger partial charge in [0.2, 0.25) is 5.95 Å². The van der Waals surface area contributed by atoms with E-state index in [-0.39, 0.29) is 5.60 Å². The fraction of sp³-hybridized carbons (Fsp3) is 0.579. The van der Waals surface area contributed by atoms with Crippen LogP contribution in [0.5, 0.6) is 0 Å². The van der Waals surface area contributed by atoms with Crippen LogP contribution in [0.3, 0.4) is 0 Å². The number of ether oxygens (including phenoxy) is 1.